The highest BCUT2D eigenvalue weighted by atomic mass is 14.5. The summed E-state index contributed by atoms with van der Waals surface area (Å²) in [4.78, 5) is 0. The molecular formula is C16H14. The summed E-state index contributed by atoms with van der Waals surface area (Å²) in [6, 6.07) is 18.0. The Bertz CT molecular complexity index is 514. The maximum Gasteiger partial charge on any atom is 0.0209 e. The fourth-order valence-corrected chi connectivity index (χ4v) is 3.30. The van der Waals surface area contributed by atoms with Gasteiger partial charge < -0.3 is 0 Å². The molecule has 0 heteroatoms. The van der Waals surface area contributed by atoms with Crippen LogP contribution >= 0.6 is 0 Å². The number of hydrogen-bond acceptors (Lipinski definition) is 0. The average molecular weight is 206 g/mol. The number of rotatable bonds is 0. The second kappa shape index (κ2) is 2.76. The van der Waals surface area contributed by atoms with Crippen molar-refractivity contribution in [1.29, 1.82) is 0 Å². The predicted octanol–water partition coefficient (Wildman–Crippen LogP) is 3.67. The lowest BCUT2D eigenvalue weighted by Crippen LogP contribution is -2.19. The monoisotopic (exact) mass is 206 g/mol. The zero-order valence-corrected chi connectivity index (χ0v) is 9.24. The van der Waals surface area contributed by atoms with Crippen molar-refractivity contribution < 1.29 is 0 Å². The van der Waals surface area contributed by atoms with Crippen LogP contribution in [0.2, 0.25) is 0 Å². The third-order valence-corrected chi connectivity index (χ3v) is 4.20. The third-order valence-electron chi connectivity index (χ3n) is 4.20. The maximum atomic E-state index is 2.33. The standard InChI is InChI=1S/C16H14/c1-3-7-14-12(5-1)11-13-6-2-4-8-15(13)16(14)9-10-16/h1-8H,9-11H2. The second-order valence-corrected chi connectivity index (χ2v) is 5.07. The Balaban J connectivity index is 2.02. The Morgan fingerprint density at radius 1 is 0.688 bits per heavy atom. The fraction of sp³-hybridized carbons (Fsp3) is 0.250. The molecule has 2 aromatic rings. The van der Waals surface area contributed by atoms with Crippen LogP contribution in [0.3, 0.4) is 0 Å². The number of hydrogen-bond donors (Lipinski definition) is 0. The Morgan fingerprint density at radius 2 is 1.19 bits per heavy atom. The average Bonchev–Trinajstić information content (AvgIpc) is 3.11. The normalized spacial score (nSPS) is 19.0. The molecule has 0 bridgehead atoms. The van der Waals surface area contributed by atoms with Gasteiger partial charge in [0.1, 0.15) is 0 Å². The predicted molar refractivity (Wildman–Crippen MR) is 65.7 cm³/mol. The van der Waals surface area contributed by atoms with Crippen LogP contribution in [-0.4, -0.2) is 0 Å². The molecule has 1 saturated carbocycles. The van der Waals surface area contributed by atoms with Gasteiger partial charge in [-0.3, -0.25) is 0 Å². The highest BCUT2D eigenvalue weighted by Gasteiger charge is 2.49. The van der Waals surface area contributed by atoms with Crippen LogP contribution in [0.5, 0.6) is 0 Å². The summed E-state index contributed by atoms with van der Waals surface area (Å²) in [7, 11) is 0. The summed E-state index contributed by atoms with van der Waals surface area (Å²) in [6.07, 6.45) is 3.79. The van der Waals surface area contributed by atoms with Crippen molar-refractivity contribution in [2.45, 2.75) is 24.7 Å². The number of benzene rings is 2. The quantitative estimate of drug-likeness (QED) is 0.617. The van der Waals surface area contributed by atoms with Crippen LogP contribution in [0.15, 0.2) is 48.5 Å². The Kier molecular flexibility index (Phi) is 1.48. The van der Waals surface area contributed by atoms with Crippen LogP contribution in [0.4, 0.5) is 0 Å². The van der Waals surface area contributed by atoms with Gasteiger partial charge in [-0.15, -0.1) is 0 Å². The van der Waals surface area contributed by atoms with Crippen LogP contribution < -0.4 is 0 Å². The van der Waals surface area contributed by atoms with Crippen LogP contribution in [0, 0.1) is 0 Å². The van der Waals surface area contributed by atoms with Crippen LogP contribution in [-0.2, 0) is 11.8 Å². The molecule has 0 aliphatic heterocycles. The summed E-state index contributed by atoms with van der Waals surface area (Å²) in [5, 5.41) is 0. The van der Waals surface area contributed by atoms with Crippen molar-refractivity contribution in [3.8, 4) is 0 Å². The van der Waals surface area contributed by atoms with Gasteiger partial charge in [0, 0.05) is 5.41 Å². The van der Waals surface area contributed by atoms with E-state index in [0.29, 0.717) is 5.41 Å². The molecule has 0 nitrogen and oxygen atoms in total. The molecule has 16 heavy (non-hydrogen) atoms. The van der Waals surface area contributed by atoms with E-state index < -0.39 is 0 Å². The van der Waals surface area contributed by atoms with Gasteiger partial charge in [0.15, 0.2) is 0 Å². The molecule has 78 valence electrons. The second-order valence-electron chi connectivity index (χ2n) is 5.07. The topological polar surface area (TPSA) is 0 Å². The van der Waals surface area contributed by atoms with Gasteiger partial charge in [-0.2, -0.15) is 0 Å². The van der Waals surface area contributed by atoms with Crippen molar-refractivity contribution in [2.75, 3.05) is 0 Å². The van der Waals surface area contributed by atoms with Gasteiger partial charge in [0.2, 0.25) is 0 Å². The lowest BCUT2D eigenvalue weighted by atomic mass is 9.76. The molecule has 4 rings (SSSR count). The van der Waals surface area contributed by atoms with Gasteiger partial charge in [0.25, 0.3) is 0 Å². The van der Waals surface area contributed by atoms with Gasteiger partial charge in [-0.05, 0) is 41.5 Å². The summed E-state index contributed by atoms with van der Waals surface area (Å²) < 4.78 is 0. The summed E-state index contributed by atoms with van der Waals surface area (Å²) in [5.41, 5.74) is 6.66. The number of fused-ring (bicyclic) bond motifs is 4. The van der Waals surface area contributed by atoms with Crippen molar-refractivity contribution in [1.82, 2.24) is 0 Å². The van der Waals surface area contributed by atoms with E-state index in [1.54, 1.807) is 22.3 Å². The fourth-order valence-electron chi connectivity index (χ4n) is 3.30. The molecule has 0 heterocycles. The SMILES string of the molecule is c1ccc2c(c1)Cc1ccccc1C21CC1. The first-order chi connectivity index (χ1) is 7.90. The van der Waals surface area contributed by atoms with E-state index in [0.717, 1.165) is 6.42 Å². The third kappa shape index (κ3) is 0.948. The lowest BCUT2D eigenvalue weighted by molar-refractivity contribution is 0.784. The van der Waals surface area contributed by atoms with E-state index in [9.17, 15) is 0 Å². The minimum Gasteiger partial charge on any atom is -0.0620 e. The van der Waals surface area contributed by atoms with Crippen molar-refractivity contribution in [2.24, 2.45) is 0 Å². The van der Waals surface area contributed by atoms with E-state index in [4.69, 9.17) is 0 Å². The van der Waals surface area contributed by atoms with Crippen LogP contribution in [0.25, 0.3) is 0 Å². The van der Waals surface area contributed by atoms with Crippen LogP contribution in [0.1, 0.15) is 35.1 Å². The Morgan fingerprint density at radius 3 is 1.69 bits per heavy atom. The van der Waals surface area contributed by atoms with Gasteiger partial charge in [-0.25, -0.2) is 0 Å². The summed E-state index contributed by atoms with van der Waals surface area (Å²) >= 11 is 0. The van der Waals surface area contributed by atoms with E-state index in [-0.39, 0.29) is 0 Å². The molecular weight excluding hydrogens is 192 g/mol. The minimum atomic E-state index is 0.394. The van der Waals surface area contributed by atoms with Gasteiger partial charge in [-0.1, -0.05) is 48.5 Å². The molecule has 1 fully saturated rings. The molecule has 2 aliphatic rings. The highest BCUT2D eigenvalue weighted by Crippen LogP contribution is 2.57. The smallest absolute Gasteiger partial charge is 0.0209 e. The van der Waals surface area contributed by atoms with E-state index in [1.165, 1.54) is 12.8 Å². The zero-order chi connectivity index (χ0) is 10.6. The molecule has 0 aromatic heterocycles. The molecule has 0 atom stereocenters. The lowest BCUT2D eigenvalue weighted by Gasteiger charge is -2.28. The first-order valence-corrected chi connectivity index (χ1v) is 6.07. The molecule has 2 aliphatic carbocycles. The summed E-state index contributed by atoms with van der Waals surface area (Å²) in [5.74, 6) is 0. The molecule has 0 unspecified atom stereocenters. The van der Waals surface area contributed by atoms with Gasteiger partial charge >= 0.3 is 0 Å². The Hall–Kier alpha value is -1.56. The highest BCUT2D eigenvalue weighted by molar-refractivity contribution is 5.56. The molecule has 0 N–H and O–H groups in total. The zero-order valence-electron chi connectivity index (χ0n) is 9.24. The minimum absolute atomic E-state index is 0.394. The molecule has 0 saturated heterocycles. The van der Waals surface area contributed by atoms with Crippen molar-refractivity contribution in [3.05, 3.63) is 70.8 Å². The largest absolute Gasteiger partial charge is 0.0620 e. The first kappa shape index (κ1) is 8.58. The first-order valence-electron chi connectivity index (χ1n) is 6.07. The molecule has 0 radical (unpaired) electrons. The van der Waals surface area contributed by atoms with Crippen molar-refractivity contribution >= 4 is 0 Å². The van der Waals surface area contributed by atoms with E-state index in [2.05, 4.69) is 48.5 Å². The van der Waals surface area contributed by atoms with Crippen molar-refractivity contribution in [3.63, 3.8) is 0 Å². The van der Waals surface area contributed by atoms with Gasteiger partial charge in [0.05, 0.1) is 0 Å². The van der Waals surface area contributed by atoms with E-state index in [1.807, 2.05) is 0 Å². The van der Waals surface area contributed by atoms with E-state index >= 15 is 0 Å². The molecule has 2 aromatic carbocycles. The maximum absolute atomic E-state index is 2.33. The Labute approximate surface area is 95.9 Å². The molecule has 1 spiro atoms. The summed E-state index contributed by atoms with van der Waals surface area (Å²) in [6.45, 7) is 0. The molecule has 0 amide bonds.